The van der Waals surface area contributed by atoms with Crippen molar-refractivity contribution >= 4 is 35.3 Å². The van der Waals surface area contributed by atoms with Gasteiger partial charge in [0.25, 0.3) is 0 Å². The van der Waals surface area contributed by atoms with Gasteiger partial charge in [-0.25, -0.2) is 4.79 Å². The summed E-state index contributed by atoms with van der Waals surface area (Å²) in [6, 6.07) is 14.7. The van der Waals surface area contributed by atoms with Crippen molar-refractivity contribution in [3.8, 4) is 0 Å². The highest BCUT2D eigenvalue weighted by Gasteiger charge is 1.98. The Morgan fingerprint density at radius 3 is 2.50 bits per heavy atom. The van der Waals surface area contributed by atoms with Gasteiger partial charge >= 0.3 is 6.03 Å². The number of carbonyl (C=O) groups excluding carboxylic acids is 1. The molecule has 114 valence electrons. The molecular weight excluding hydrogens is 319 g/mol. The smallest absolute Gasteiger partial charge is 0.318 e. The molecular formula is C17H16Cl2N2O. The average Bonchev–Trinajstić information content (AvgIpc) is 2.47. The van der Waals surface area contributed by atoms with Crippen LogP contribution in [0.15, 0.2) is 54.7 Å². The molecule has 2 amide bonds. The van der Waals surface area contributed by atoms with Crippen molar-refractivity contribution in [2.24, 2.45) is 0 Å². The topological polar surface area (TPSA) is 41.1 Å². The maximum absolute atomic E-state index is 11.6. The lowest BCUT2D eigenvalue weighted by atomic mass is 10.1. The number of benzene rings is 2. The molecule has 0 radical (unpaired) electrons. The van der Waals surface area contributed by atoms with Crippen LogP contribution in [-0.4, -0.2) is 12.6 Å². The quantitative estimate of drug-likeness (QED) is 0.830. The first kappa shape index (κ1) is 16.4. The van der Waals surface area contributed by atoms with Crippen LogP contribution in [-0.2, 0) is 6.42 Å². The summed E-state index contributed by atoms with van der Waals surface area (Å²) in [5.74, 6) is 0. The fourth-order valence-corrected chi connectivity index (χ4v) is 2.30. The van der Waals surface area contributed by atoms with Crippen LogP contribution in [0, 0.1) is 0 Å². The Morgan fingerprint density at radius 1 is 1.05 bits per heavy atom. The Balaban J connectivity index is 1.72. The average molecular weight is 335 g/mol. The lowest BCUT2D eigenvalue weighted by Gasteiger charge is -2.05. The Morgan fingerprint density at radius 2 is 1.77 bits per heavy atom. The van der Waals surface area contributed by atoms with E-state index in [2.05, 4.69) is 10.6 Å². The summed E-state index contributed by atoms with van der Waals surface area (Å²) in [6.07, 6.45) is 4.09. The van der Waals surface area contributed by atoms with Gasteiger partial charge in [-0.3, -0.25) is 0 Å². The molecule has 0 saturated carbocycles. The maximum atomic E-state index is 11.6. The molecule has 0 aliphatic heterocycles. The normalized spacial score (nSPS) is 10.6. The highest BCUT2D eigenvalue weighted by Crippen LogP contribution is 2.11. The molecule has 22 heavy (non-hydrogen) atoms. The zero-order valence-corrected chi connectivity index (χ0v) is 13.4. The van der Waals surface area contributed by atoms with E-state index in [0.29, 0.717) is 16.6 Å². The van der Waals surface area contributed by atoms with Crippen LogP contribution < -0.4 is 10.6 Å². The molecule has 0 heterocycles. The van der Waals surface area contributed by atoms with Gasteiger partial charge in [0.15, 0.2) is 0 Å². The molecule has 0 aliphatic carbocycles. The molecule has 2 aromatic rings. The molecule has 0 saturated heterocycles. The second-order valence-corrected chi connectivity index (χ2v) is 5.54. The zero-order chi connectivity index (χ0) is 15.8. The number of hydrogen-bond donors (Lipinski definition) is 2. The minimum absolute atomic E-state index is 0.250. The van der Waals surface area contributed by atoms with Crippen LogP contribution in [0.5, 0.6) is 0 Å². The Labute approximate surface area is 139 Å². The summed E-state index contributed by atoms with van der Waals surface area (Å²) >= 11 is 11.8. The molecule has 0 unspecified atom stereocenters. The fourth-order valence-electron chi connectivity index (χ4n) is 1.89. The van der Waals surface area contributed by atoms with E-state index in [1.165, 1.54) is 0 Å². The molecule has 0 fully saturated rings. The molecule has 0 spiro atoms. The predicted molar refractivity (Wildman–Crippen MR) is 92.2 cm³/mol. The van der Waals surface area contributed by atoms with Gasteiger partial charge in [0.2, 0.25) is 0 Å². The van der Waals surface area contributed by atoms with E-state index in [9.17, 15) is 4.79 Å². The zero-order valence-electron chi connectivity index (χ0n) is 11.9. The van der Waals surface area contributed by atoms with Gasteiger partial charge in [-0.15, -0.1) is 0 Å². The van der Waals surface area contributed by atoms with Crippen LogP contribution in [0.4, 0.5) is 4.79 Å². The highest BCUT2D eigenvalue weighted by atomic mass is 35.5. The highest BCUT2D eigenvalue weighted by molar-refractivity contribution is 6.30. The van der Waals surface area contributed by atoms with Gasteiger partial charge in [0, 0.05) is 22.8 Å². The summed E-state index contributed by atoms with van der Waals surface area (Å²) < 4.78 is 0. The van der Waals surface area contributed by atoms with Crippen LogP contribution >= 0.6 is 23.2 Å². The van der Waals surface area contributed by atoms with Crippen molar-refractivity contribution in [1.82, 2.24) is 10.6 Å². The standard InChI is InChI=1S/C17H16Cl2N2O/c18-15-5-1-3-13(11-15)7-9-20-17(22)21-10-8-14-4-2-6-16(19)12-14/h1-7,9,11-12H,8,10H2,(H2,20,21,22)/b9-7+. The van der Waals surface area contributed by atoms with E-state index >= 15 is 0 Å². The predicted octanol–water partition coefficient (Wildman–Crippen LogP) is 4.51. The Hall–Kier alpha value is -1.97. The van der Waals surface area contributed by atoms with Crippen molar-refractivity contribution in [2.75, 3.05) is 6.54 Å². The second kappa shape index (κ2) is 8.47. The minimum Gasteiger partial charge on any atom is -0.338 e. The molecule has 0 atom stereocenters. The molecule has 0 aromatic heterocycles. The molecule has 0 bridgehead atoms. The molecule has 2 N–H and O–H groups in total. The summed E-state index contributed by atoms with van der Waals surface area (Å²) in [5, 5.41) is 6.79. The number of amides is 2. The number of rotatable bonds is 5. The molecule has 3 nitrogen and oxygen atoms in total. The molecule has 0 aliphatic rings. The first-order valence-corrected chi connectivity index (χ1v) is 7.60. The Bertz CT molecular complexity index is 671. The number of urea groups is 1. The first-order chi connectivity index (χ1) is 10.6. The van der Waals surface area contributed by atoms with Gasteiger partial charge in [-0.2, -0.15) is 0 Å². The van der Waals surface area contributed by atoms with E-state index < -0.39 is 0 Å². The second-order valence-electron chi connectivity index (χ2n) is 4.67. The van der Waals surface area contributed by atoms with Crippen LogP contribution in [0.2, 0.25) is 10.0 Å². The fraction of sp³-hybridized carbons (Fsp3) is 0.118. The van der Waals surface area contributed by atoms with E-state index in [1.807, 2.05) is 42.5 Å². The summed E-state index contributed by atoms with van der Waals surface area (Å²) in [4.78, 5) is 11.6. The summed E-state index contributed by atoms with van der Waals surface area (Å²) in [6.45, 7) is 0.539. The third-order valence-corrected chi connectivity index (χ3v) is 3.40. The van der Waals surface area contributed by atoms with Crippen molar-refractivity contribution in [2.45, 2.75) is 6.42 Å². The molecule has 2 rings (SSSR count). The number of carbonyl (C=O) groups is 1. The SMILES string of the molecule is O=C(N/C=C/c1cccc(Cl)c1)NCCc1cccc(Cl)c1. The van der Waals surface area contributed by atoms with Crippen molar-refractivity contribution < 1.29 is 4.79 Å². The minimum atomic E-state index is -0.250. The largest absolute Gasteiger partial charge is 0.338 e. The lowest BCUT2D eigenvalue weighted by molar-refractivity contribution is 0.244. The lowest BCUT2D eigenvalue weighted by Crippen LogP contribution is -2.33. The van der Waals surface area contributed by atoms with E-state index in [4.69, 9.17) is 23.2 Å². The van der Waals surface area contributed by atoms with Gasteiger partial charge in [0.05, 0.1) is 0 Å². The third-order valence-electron chi connectivity index (χ3n) is 2.93. The Kier molecular flexibility index (Phi) is 6.31. The third kappa shape index (κ3) is 5.80. The van der Waals surface area contributed by atoms with Gasteiger partial charge < -0.3 is 10.6 Å². The van der Waals surface area contributed by atoms with Gasteiger partial charge in [-0.1, -0.05) is 47.5 Å². The van der Waals surface area contributed by atoms with Gasteiger partial charge in [0.1, 0.15) is 0 Å². The van der Waals surface area contributed by atoms with Crippen LogP contribution in [0.3, 0.4) is 0 Å². The number of hydrogen-bond acceptors (Lipinski definition) is 1. The van der Waals surface area contributed by atoms with E-state index in [0.717, 1.165) is 17.5 Å². The summed E-state index contributed by atoms with van der Waals surface area (Å²) in [7, 11) is 0. The summed E-state index contributed by atoms with van der Waals surface area (Å²) in [5.41, 5.74) is 2.01. The number of nitrogens with one attached hydrogen (secondary N) is 2. The molecule has 2 aromatic carbocycles. The number of halogens is 2. The van der Waals surface area contributed by atoms with Crippen molar-refractivity contribution in [1.29, 1.82) is 0 Å². The van der Waals surface area contributed by atoms with Crippen molar-refractivity contribution in [3.05, 3.63) is 75.9 Å². The first-order valence-electron chi connectivity index (χ1n) is 6.84. The van der Waals surface area contributed by atoms with Gasteiger partial charge in [-0.05, 0) is 47.9 Å². The maximum Gasteiger partial charge on any atom is 0.318 e. The van der Waals surface area contributed by atoms with Crippen LogP contribution in [0.25, 0.3) is 6.08 Å². The van der Waals surface area contributed by atoms with Crippen molar-refractivity contribution in [3.63, 3.8) is 0 Å². The van der Waals surface area contributed by atoms with E-state index in [1.54, 1.807) is 18.3 Å². The monoisotopic (exact) mass is 334 g/mol. The molecule has 5 heteroatoms. The van der Waals surface area contributed by atoms with E-state index in [-0.39, 0.29) is 6.03 Å². The van der Waals surface area contributed by atoms with Crippen LogP contribution in [0.1, 0.15) is 11.1 Å².